The van der Waals surface area contributed by atoms with Gasteiger partial charge in [-0.25, -0.2) is 0 Å². The van der Waals surface area contributed by atoms with E-state index in [-0.39, 0.29) is 18.1 Å². The van der Waals surface area contributed by atoms with Gasteiger partial charge in [0.2, 0.25) is 0 Å². The number of amides is 1. The topological polar surface area (TPSA) is 34.5 Å². The number of rotatable bonds is 2. The fraction of sp³-hybridized carbons (Fsp3) is 0.643. The molecule has 1 aromatic heterocycles. The van der Waals surface area contributed by atoms with Gasteiger partial charge in [-0.15, -0.1) is 0 Å². The number of hydrogen-bond acceptors (Lipinski definition) is 2. The van der Waals surface area contributed by atoms with E-state index < -0.39 is 0 Å². The summed E-state index contributed by atoms with van der Waals surface area (Å²) in [7, 11) is 0. The smallest absolute Gasteiger partial charge is 0.270 e. The average molecular weight is 327 g/mol. The Balaban J connectivity index is 1.86. The molecule has 104 valence electrons. The van der Waals surface area contributed by atoms with Gasteiger partial charge < -0.3 is 14.2 Å². The SMILES string of the molecule is CC1CN(C(=O)c2cc(Br)cn2C2CC2)C(C)CO1. The van der Waals surface area contributed by atoms with Crippen molar-refractivity contribution in [3.05, 3.63) is 22.4 Å². The lowest BCUT2D eigenvalue weighted by molar-refractivity contribution is -0.0390. The molecule has 3 rings (SSSR count). The summed E-state index contributed by atoms with van der Waals surface area (Å²) < 4.78 is 8.70. The van der Waals surface area contributed by atoms with Crippen molar-refractivity contribution in [3.63, 3.8) is 0 Å². The summed E-state index contributed by atoms with van der Waals surface area (Å²) in [6, 6.07) is 2.59. The monoisotopic (exact) mass is 326 g/mol. The highest BCUT2D eigenvalue weighted by Gasteiger charge is 2.33. The summed E-state index contributed by atoms with van der Waals surface area (Å²) in [5, 5.41) is 0. The molecule has 0 bridgehead atoms. The van der Waals surface area contributed by atoms with Crippen molar-refractivity contribution in [1.82, 2.24) is 9.47 Å². The molecule has 2 unspecified atom stereocenters. The lowest BCUT2D eigenvalue weighted by atomic mass is 10.2. The van der Waals surface area contributed by atoms with Crippen LogP contribution < -0.4 is 0 Å². The number of aromatic nitrogens is 1. The van der Waals surface area contributed by atoms with Crippen LogP contribution in [0.5, 0.6) is 0 Å². The van der Waals surface area contributed by atoms with Gasteiger partial charge in [0.15, 0.2) is 0 Å². The Morgan fingerprint density at radius 3 is 2.84 bits per heavy atom. The highest BCUT2D eigenvalue weighted by Crippen LogP contribution is 2.38. The van der Waals surface area contributed by atoms with E-state index in [4.69, 9.17) is 4.74 Å². The molecule has 1 amide bonds. The second-order valence-electron chi connectivity index (χ2n) is 5.63. The number of nitrogens with zero attached hydrogens (tertiary/aromatic N) is 2. The standard InChI is InChI=1S/C14H19BrN2O2/c1-9-8-19-10(2)6-16(9)14(18)13-5-11(15)7-17(13)12-3-4-12/h5,7,9-10,12H,3-4,6,8H2,1-2H3. The third-order valence-electron chi connectivity index (χ3n) is 3.84. The number of morpholine rings is 1. The first-order chi connectivity index (χ1) is 9.06. The maximum atomic E-state index is 12.8. The summed E-state index contributed by atoms with van der Waals surface area (Å²) in [5.74, 6) is 0.125. The molecule has 0 aromatic carbocycles. The van der Waals surface area contributed by atoms with Crippen LogP contribution in [0.1, 0.15) is 43.2 Å². The second kappa shape index (κ2) is 4.94. The maximum Gasteiger partial charge on any atom is 0.270 e. The Morgan fingerprint density at radius 2 is 2.16 bits per heavy atom. The molecule has 2 atom stereocenters. The van der Waals surface area contributed by atoms with Crippen molar-refractivity contribution in [1.29, 1.82) is 0 Å². The fourth-order valence-corrected chi connectivity index (χ4v) is 3.04. The van der Waals surface area contributed by atoms with Crippen LogP contribution in [-0.4, -0.2) is 40.7 Å². The predicted octanol–water partition coefficient (Wildman–Crippen LogP) is 2.83. The molecule has 1 saturated heterocycles. The molecular weight excluding hydrogens is 308 g/mol. The van der Waals surface area contributed by atoms with Crippen molar-refractivity contribution in [2.24, 2.45) is 0 Å². The van der Waals surface area contributed by atoms with E-state index in [0.717, 1.165) is 10.2 Å². The van der Waals surface area contributed by atoms with Gasteiger partial charge in [-0.05, 0) is 48.7 Å². The first-order valence-electron chi connectivity index (χ1n) is 6.86. The molecule has 0 radical (unpaired) electrons. The molecule has 1 saturated carbocycles. The van der Waals surface area contributed by atoms with E-state index in [9.17, 15) is 4.79 Å². The van der Waals surface area contributed by atoms with Gasteiger partial charge in [0, 0.05) is 23.3 Å². The van der Waals surface area contributed by atoms with Gasteiger partial charge >= 0.3 is 0 Å². The van der Waals surface area contributed by atoms with Gasteiger partial charge in [0.1, 0.15) is 5.69 Å². The predicted molar refractivity (Wildman–Crippen MR) is 76.3 cm³/mol. The first-order valence-corrected chi connectivity index (χ1v) is 7.65. The lowest BCUT2D eigenvalue weighted by Gasteiger charge is -2.36. The molecule has 19 heavy (non-hydrogen) atoms. The molecule has 4 nitrogen and oxygen atoms in total. The third-order valence-corrected chi connectivity index (χ3v) is 4.28. The van der Waals surface area contributed by atoms with Crippen molar-refractivity contribution < 1.29 is 9.53 Å². The number of ether oxygens (including phenoxy) is 1. The van der Waals surface area contributed by atoms with E-state index in [2.05, 4.69) is 20.5 Å². The fourth-order valence-electron chi connectivity index (χ4n) is 2.61. The van der Waals surface area contributed by atoms with Crippen molar-refractivity contribution in [2.45, 2.75) is 44.9 Å². The van der Waals surface area contributed by atoms with E-state index in [1.54, 1.807) is 0 Å². The summed E-state index contributed by atoms with van der Waals surface area (Å²) >= 11 is 3.48. The van der Waals surface area contributed by atoms with Crippen LogP contribution in [0, 0.1) is 0 Å². The Kier molecular flexibility index (Phi) is 3.43. The largest absolute Gasteiger partial charge is 0.375 e. The molecule has 1 aliphatic carbocycles. The Labute approximate surface area is 121 Å². The minimum absolute atomic E-state index is 0.118. The quantitative estimate of drug-likeness (QED) is 0.837. The zero-order chi connectivity index (χ0) is 13.6. The van der Waals surface area contributed by atoms with Crippen LogP contribution in [0.4, 0.5) is 0 Å². The molecule has 0 N–H and O–H groups in total. The zero-order valence-corrected chi connectivity index (χ0v) is 12.9. The van der Waals surface area contributed by atoms with E-state index in [0.29, 0.717) is 19.2 Å². The highest BCUT2D eigenvalue weighted by molar-refractivity contribution is 9.10. The van der Waals surface area contributed by atoms with Gasteiger partial charge in [0.05, 0.1) is 18.8 Å². The van der Waals surface area contributed by atoms with Gasteiger partial charge in [-0.2, -0.15) is 0 Å². The minimum Gasteiger partial charge on any atom is -0.375 e. The maximum absolute atomic E-state index is 12.8. The van der Waals surface area contributed by atoms with Crippen LogP contribution in [0.2, 0.25) is 0 Å². The first kappa shape index (κ1) is 13.2. The molecule has 0 spiro atoms. The second-order valence-corrected chi connectivity index (χ2v) is 6.55. The van der Waals surface area contributed by atoms with Gasteiger partial charge in [-0.3, -0.25) is 4.79 Å². The Morgan fingerprint density at radius 1 is 1.42 bits per heavy atom. The molecule has 5 heteroatoms. The summed E-state index contributed by atoms with van der Waals surface area (Å²) in [6.45, 7) is 5.36. The van der Waals surface area contributed by atoms with Crippen molar-refractivity contribution >= 4 is 21.8 Å². The molecule has 2 heterocycles. The summed E-state index contributed by atoms with van der Waals surface area (Å²) in [6.07, 6.45) is 4.50. The summed E-state index contributed by atoms with van der Waals surface area (Å²) in [5.41, 5.74) is 0.801. The average Bonchev–Trinajstić information content (AvgIpc) is 3.15. The highest BCUT2D eigenvalue weighted by atomic mass is 79.9. The zero-order valence-electron chi connectivity index (χ0n) is 11.3. The van der Waals surface area contributed by atoms with Crippen molar-refractivity contribution in [2.75, 3.05) is 13.2 Å². The molecule has 2 aliphatic rings. The minimum atomic E-state index is 0.118. The van der Waals surface area contributed by atoms with Crippen LogP contribution in [0.15, 0.2) is 16.7 Å². The van der Waals surface area contributed by atoms with Crippen molar-refractivity contribution in [3.8, 4) is 0 Å². The van der Waals surface area contributed by atoms with Gasteiger partial charge in [-0.1, -0.05) is 0 Å². The Bertz CT molecular complexity index is 496. The van der Waals surface area contributed by atoms with Gasteiger partial charge in [0.25, 0.3) is 5.91 Å². The normalized spacial score (nSPS) is 27.6. The lowest BCUT2D eigenvalue weighted by Crippen LogP contribution is -2.50. The van der Waals surface area contributed by atoms with Crippen LogP contribution in [0.3, 0.4) is 0 Å². The number of carbonyl (C=O) groups is 1. The number of hydrogen-bond donors (Lipinski definition) is 0. The van der Waals surface area contributed by atoms with E-state index in [1.807, 2.05) is 31.0 Å². The Hall–Kier alpha value is -0.810. The molecular formula is C14H19BrN2O2. The molecule has 1 aliphatic heterocycles. The van der Waals surface area contributed by atoms with Crippen LogP contribution >= 0.6 is 15.9 Å². The van der Waals surface area contributed by atoms with E-state index in [1.165, 1.54) is 12.8 Å². The summed E-state index contributed by atoms with van der Waals surface area (Å²) in [4.78, 5) is 14.7. The number of halogens is 1. The third kappa shape index (κ3) is 2.58. The number of carbonyl (C=O) groups excluding carboxylic acids is 1. The molecule has 2 fully saturated rings. The van der Waals surface area contributed by atoms with Crippen LogP contribution in [-0.2, 0) is 4.74 Å². The molecule has 1 aromatic rings. The van der Waals surface area contributed by atoms with Crippen LogP contribution in [0.25, 0.3) is 0 Å². The van der Waals surface area contributed by atoms with E-state index >= 15 is 0 Å².